The van der Waals surface area contributed by atoms with Crippen LogP contribution in [0.5, 0.6) is 0 Å². The Labute approximate surface area is 105 Å². The number of hydrogen-bond acceptors (Lipinski definition) is 0. The molecule has 0 aliphatic carbocycles. The fraction of sp³-hybridized carbons (Fsp3) is 1.00. The van der Waals surface area contributed by atoms with Gasteiger partial charge < -0.3 is 0 Å². The van der Waals surface area contributed by atoms with E-state index in [0.29, 0.717) is 7.92 Å². The van der Waals surface area contributed by atoms with Crippen molar-refractivity contribution in [1.82, 2.24) is 0 Å². The van der Waals surface area contributed by atoms with Crippen LogP contribution in [0.3, 0.4) is 0 Å². The summed E-state index contributed by atoms with van der Waals surface area (Å²) in [6, 6.07) is 0. The summed E-state index contributed by atoms with van der Waals surface area (Å²) in [5.74, 6) is 0. The van der Waals surface area contributed by atoms with Crippen LogP contribution in [0.4, 0.5) is 0 Å². The molecule has 1 atom stereocenters. The average Bonchev–Trinajstić information content (AvgIpc) is 1.69. The van der Waals surface area contributed by atoms with Gasteiger partial charge >= 0.3 is 55.7 Å². The zero-order valence-corrected chi connectivity index (χ0v) is 14.2. The molecule has 0 fully saturated rings. The van der Waals surface area contributed by atoms with Gasteiger partial charge in [-0.2, -0.15) is 0 Å². The van der Waals surface area contributed by atoms with Gasteiger partial charge in [0.1, 0.15) is 0 Å². The molecule has 0 aromatic heterocycles. The molecule has 84 valence electrons. The Morgan fingerprint density at radius 3 is 1.25 bits per heavy atom. The topological polar surface area (TPSA) is 0 Å². The smallest absolute Gasteiger partial charge is 0.147 e. The summed E-state index contributed by atoms with van der Waals surface area (Å²) in [5, 5.41) is 1.08. The van der Waals surface area contributed by atoms with E-state index in [1.54, 1.807) is 0 Å². The van der Waals surface area contributed by atoms with Gasteiger partial charge in [0, 0.05) is 0 Å². The molecule has 12 heavy (non-hydrogen) atoms. The Hall–Kier alpha value is 2.02. The van der Waals surface area contributed by atoms with Gasteiger partial charge in [-0.15, -0.1) is 49.6 Å². The molecule has 0 aromatic carbocycles. The normalized spacial score (nSPS) is 9.83. The van der Waals surface area contributed by atoms with E-state index in [2.05, 4.69) is 20.8 Å². The second-order valence-electron chi connectivity index (χ2n) is 2.31. The fourth-order valence-electron chi connectivity index (χ4n) is 0.954. The summed E-state index contributed by atoms with van der Waals surface area (Å²) < 4.78 is 0. The fourth-order valence-corrected chi connectivity index (χ4v) is 5.05. The third kappa shape index (κ3) is 14.5. The van der Waals surface area contributed by atoms with E-state index in [4.69, 9.17) is 0 Å². The Morgan fingerprint density at radius 1 is 1.00 bits per heavy atom. The first-order chi connectivity index (χ1) is 3.72. The third-order valence-corrected chi connectivity index (χ3v) is 6.82. The van der Waals surface area contributed by atoms with Gasteiger partial charge in [-0.25, -0.2) is 0 Å². The van der Waals surface area contributed by atoms with Crippen LogP contribution in [0.15, 0.2) is 0 Å². The van der Waals surface area contributed by atoms with Gasteiger partial charge in [0.05, 0.1) is 0 Å². The minimum Gasteiger partial charge on any atom is -0.147 e. The predicted molar refractivity (Wildman–Crippen MR) is 79.0 cm³/mol. The quantitative estimate of drug-likeness (QED) is 0.694. The molecule has 0 aromatic rings. The first-order valence-electron chi connectivity index (χ1n) is 3.46. The summed E-state index contributed by atoms with van der Waals surface area (Å²) in [6.45, 7) is 7.04. The molecule has 0 aliphatic rings. The maximum atomic E-state index is 2.39. The second-order valence-corrected chi connectivity index (χ2v) is 8.49. The molecular weight excluding hydrogens is 276 g/mol. The van der Waals surface area contributed by atoms with Crippen LogP contribution in [0.1, 0.15) is 20.8 Å². The second kappa shape index (κ2) is 18.7. The van der Waals surface area contributed by atoms with Crippen molar-refractivity contribution in [1.29, 1.82) is 0 Å². The SMILES string of the molecule is CCP(CC)C(C)[PH4].Cl.Cl.Cl.Cl. The zero-order chi connectivity index (χ0) is 6.57. The summed E-state index contributed by atoms with van der Waals surface area (Å²) in [6.07, 6.45) is 2.88. The minimum absolute atomic E-state index is 0. The average molecular weight is 298 g/mol. The maximum absolute atomic E-state index is 2.39. The molecule has 0 aliphatic heterocycles. The molecular formula is C6H22Cl4P2. The zero-order valence-electron chi connectivity index (χ0n) is 8.07. The van der Waals surface area contributed by atoms with Gasteiger partial charge in [0.15, 0.2) is 0 Å². The first-order valence-corrected chi connectivity index (χ1v) is 6.40. The van der Waals surface area contributed by atoms with Crippen molar-refractivity contribution >= 4 is 66.8 Å². The maximum Gasteiger partial charge on any atom is -0.147 e. The molecule has 0 radical (unpaired) electrons. The summed E-state index contributed by atoms with van der Waals surface area (Å²) in [7, 11) is 1.85. The molecule has 0 heterocycles. The number of rotatable bonds is 3. The molecule has 0 nitrogen and oxygen atoms in total. The Balaban J connectivity index is -0.0000000408. The van der Waals surface area contributed by atoms with E-state index >= 15 is 0 Å². The third-order valence-electron chi connectivity index (χ3n) is 1.54. The summed E-state index contributed by atoms with van der Waals surface area (Å²) in [5.41, 5.74) is 0. The standard InChI is InChI=1S/C6H18P2.4ClH/c1-4-8(5-2)6(3)7;;;;/h6H,4-5H2,1-3H3,7H4;4*1H. The van der Waals surface area contributed by atoms with Gasteiger partial charge in [0.25, 0.3) is 0 Å². The van der Waals surface area contributed by atoms with Crippen LogP contribution < -0.4 is 0 Å². The van der Waals surface area contributed by atoms with Crippen LogP contribution in [0.2, 0.25) is 0 Å². The molecule has 0 N–H and O–H groups in total. The van der Waals surface area contributed by atoms with Crippen molar-refractivity contribution in [3.8, 4) is 0 Å². The molecule has 0 rings (SSSR count). The monoisotopic (exact) mass is 296 g/mol. The van der Waals surface area contributed by atoms with Crippen LogP contribution >= 0.6 is 66.8 Å². The van der Waals surface area contributed by atoms with E-state index in [0.717, 1.165) is 5.40 Å². The van der Waals surface area contributed by atoms with Crippen molar-refractivity contribution in [3.05, 3.63) is 0 Å². The van der Waals surface area contributed by atoms with Gasteiger partial charge in [-0.3, -0.25) is 0 Å². The minimum atomic E-state index is 0. The molecule has 0 bridgehead atoms. The Morgan fingerprint density at radius 2 is 1.25 bits per heavy atom. The van der Waals surface area contributed by atoms with E-state index in [9.17, 15) is 0 Å². The van der Waals surface area contributed by atoms with Gasteiger partial charge in [0.2, 0.25) is 0 Å². The largest absolute Gasteiger partial charge is 0.147 e. The molecule has 0 saturated heterocycles. The summed E-state index contributed by atoms with van der Waals surface area (Å²) in [4.78, 5) is 0. The van der Waals surface area contributed by atoms with Crippen molar-refractivity contribution in [2.45, 2.75) is 26.2 Å². The number of hydrogen-bond donors (Lipinski definition) is 0. The van der Waals surface area contributed by atoms with Crippen molar-refractivity contribution < 1.29 is 0 Å². The van der Waals surface area contributed by atoms with Crippen LogP contribution in [0.25, 0.3) is 0 Å². The van der Waals surface area contributed by atoms with Crippen LogP contribution in [0, 0.1) is 0 Å². The Kier molecular flexibility index (Phi) is 45.6. The predicted octanol–water partition coefficient (Wildman–Crippen LogP) is 3.88. The van der Waals surface area contributed by atoms with Crippen LogP contribution in [-0.4, -0.2) is 17.7 Å². The van der Waals surface area contributed by atoms with E-state index in [-0.39, 0.29) is 49.6 Å². The molecule has 0 spiro atoms. The molecule has 0 saturated carbocycles. The van der Waals surface area contributed by atoms with Crippen molar-refractivity contribution in [2.75, 3.05) is 12.3 Å². The molecule has 1 unspecified atom stereocenters. The molecule has 6 heteroatoms. The van der Waals surface area contributed by atoms with Gasteiger partial charge in [-0.1, -0.05) is 0 Å². The van der Waals surface area contributed by atoms with Gasteiger partial charge in [-0.05, 0) is 0 Å². The van der Waals surface area contributed by atoms with E-state index in [1.165, 1.54) is 21.6 Å². The van der Waals surface area contributed by atoms with E-state index in [1.807, 2.05) is 0 Å². The van der Waals surface area contributed by atoms with Crippen molar-refractivity contribution in [2.24, 2.45) is 0 Å². The Bertz CT molecular complexity index is 59.5. The summed E-state index contributed by atoms with van der Waals surface area (Å²) >= 11 is 0. The van der Waals surface area contributed by atoms with Crippen LogP contribution in [-0.2, 0) is 0 Å². The first kappa shape index (κ1) is 29.2. The number of halogens is 4. The molecule has 0 amide bonds. The van der Waals surface area contributed by atoms with Crippen molar-refractivity contribution in [3.63, 3.8) is 0 Å². The van der Waals surface area contributed by atoms with E-state index < -0.39 is 0 Å².